The van der Waals surface area contributed by atoms with E-state index in [0.29, 0.717) is 13.0 Å². The Labute approximate surface area is 138 Å². The molecule has 7 heteroatoms. The lowest BCUT2D eigenvalue weighted by atomic mass is 10.2. The summed E-state index contributed by atoms with van der Waals surface area (Å²) < 4.78 is 8.01. The smallest absolute Gasteiger partial charge is 0.407 e. The summed E-state index contributed by atoms with van der Waals surface area (Å²) in [5.41, 5.74) is 0.471. The Balaban J connectivity index is 1.93. The Morgan fingerprint density at radius 3 is 2.77 bits per heavy atom. The summed E-state index contributed by atoms with van der Waals surface area (Å²) in [4.78, 5) is 20.1. The van der Waals surface area contributed by atoms with Crippen LogP contribution in [0.2, 0.25) is 0 Å². The number of imidazole rings is 1. The zero-order chi connectivity index (χ0) is 16.2. The number of amides is 1. The van der Waals surface area contributed by atoms with Crippen molar-refractivity contribution in [3.05, 3.63) is 41.0 Å². The molecule has 0 saturated carbocycles. The first-order valence-corrected chi connectivity index (χ1v) is 7.74. The molecule has 6 nitrogen and oxygen atoms in total. The van der Waals surface area contributed by atoms with Crippen molar-refractivity contribution in [2.24, 2.45) is 0 Å². The molecular formula is C15H19BrN4O2. The van der Waals surface area contributed by atoms with Gasteiger partial charge in [-0.3, -0.25) is 4.57 Å². The lowest BCUT2D eigenvalue weighted by Crippen LogP contribution is -2.33. The van der Waals surface area contributed by atoms with Crippen molar-refractivity contribution in [3.8, 4) is 5.82 Å². The Morgan fingerprint density at radius 1 is 1.36 bits per heavy atom. The number of carbonyl (C=O) groups excluding carboxylic acids is 1. The van der Waals surface area contributed by atoms with Gasteiger partial charge in [-0.15, -0.1) is 0 Å². The molecule has 2 aromatic heterocycles. The molecule has 2 aromatic rings. The Hall–Kier alpha value is -1.89. The summed E-state index contributed by atoms with van der Waals surface area (Å²) in [6, 6.07) is 3.82. The van der Waals surface area contributed by atoms with Gasteiger partial charge >= 0.3 is 6.09 Å². The Kier molecular flexibility index (Phi) is 5.18. The maximum absolute atomic E-state index is 11.6. The van der Waals surface area contributed by atoms with E-state index in [2.05, 4.69) is 31.2 Å². The number of alkyl carbamates (subject to hydrolysis) is 1. The molecule has 1 amide bonds. The van der Waals surface area contributed by atoms with E-state index in [0.717, 1.165) is 16.0 Å². The summed E-state index contributed by atoms with van der Waals surface area (Å²) in [7, 11) is 0. The molecule has 0 fully saturated rings. The minimum absolute atomic E-state index is 0.416. The number of aromatic nitrogens is 3. The molecule has 0 bridgehead atoms. The van der Waals surface area contributed by atoms with Crippen LogP contribution in [0.25, 0.3) is 5.82 Å². The van der Waals surface area contributed by atoms with Gasteiger partial charge in [0.2, 0.25) is 0 Å². The van der Waals surface area contributed by atoms with Crippen LogP contribution in [-0.4, -0.2) is 32.8 Å². The number of rotatable bonds is 4. The van der Waals surface area contributed by atoms with Gasteiger partial charge < -0.3 is 10.1 Å². The molecular weight excluding hydrogens is 348 g/mol. The molecule has 0 saturated heterocycles. The molecule has 0 aliphatic carbocycles. The van der Waals surface area contributed by atoms with Gasteiger partial charge in [0.05, 0.1) is 0 Å². The maximum atomic E-state index is 11.6. The van der Waals surface area contributed by atoms with Crippen LogP contribution in [0.5, 0.6) is 0 Å². The van der Waals surface area contributed by atoms with Crippen molar-refractivity contribution >= 4 is 22.0 Å². The first-order chi connectivity index (χ1) is 10.3. The maximum Gasteiger partial charge on any atom is 0.407 e. The van der Waals surface area contributed by atoms with Crippen molar-refractivity contribution in [2.75, 3.05) is 6.54 Å². The molecule has 2 rings (SSSR count). The molecule has 1 N–H and O–H groups in total. The number of halogens is 1. The van der Waals surface area contributed by atoms with E-state index in [9.17, 15) is 4.79 Å². The predicted octanol–water partition coefficient (Wildman–Crippen LogP) is 3.10. The lowest BCUT2D eigenvalue weighted by molar-refractivity contribution is 0.0528. The third-order valence-electron chi connectivity index (χ3n) is 2.72. The van der Waals surface area contributed by atoms with Gasteiger partial charge in [-0.25, -0.2) is 14.8 Å². The summed E-state index contributed by atoms with van der Waals surface area (Å²) in [6.07, 6.45) is 5.43. The number of nitrogens with one attached hydrogen (secondary N) is 1. The molecule has 0 aliphatic heterocycles. The fourth-order valence-corrected chi connectivity index (χ4v) is 2.07. The Bertz CT molecular complexity index is 632. The average Bonchev–Trinajstić information content (AvgIpc) is 2.86. The van der Waals surface area contributed by atoms with E-state index < -0.39 is 11.7 Å². The minimum Gasteiger partial charge on any atom is -0.444 e. The van der Waals surface area contributed by atoms with Crippen molar-refractivity contribution in [3.63, 3.8) is 0 Å². The van der Waals surface area contributed by atoms with E-state index in [-0.39, 0.29) is 0 Å². The molecule has 2 heterocycles. The normalized spacial score (nSPS) is 11.3. The molecule has 0 spiro atoms. The number of nitrogens with zero attached hydrogens (tertiary/aromatic N) is 3. The lowest BCUT2D eigenvalue weighted by Gasteiger charge is -2.19. The van der Waals surface area contributed by atoms with Crippen molar-refractivity contribution in [1.82, 2.24) is 19.9 Å². The van der Waals surface area contributed by atoms with Crippen molar-refractivity contribution in [1.29, 1.82) is 0 Å². The topological polar surface area (TPSA) is 69.0 Å². The molecule has 0 unspecified atom stereocenters. The zero-order valence-electron chi connectivity index (χ0n) is 12.8. The van der Waals surface area contributed by atoms with E-state index in [1.807, 2.05) is 37.5 Å². The zero-order valence-corrected chi connectivity index (χ0v) is 14.4. The molecule has 0 atom stereocenters. The number of hydrogen-bond acceptors (Lipinski definition) is 4. The standard InChI is InChI=1S/C15H19BrN4O2/c1-15(2,3)22-14(21)18-7-6-12-9-17-10-20(12)13-5-4-11(16)8-19-13/h4-5,8-10H,6-7H2,1-3H3,(H,18,21). The third-order valence-corrected chi connectivity index (χ3v) is 3.19. The Morgan fingerprint density at radius 2 is 2.14 bits per heavy atom. The second-order valence-electron chi connectivity index (χ2n) is 5.77. The summed E-state index contributed by atoms with van der Waals surface area (Å²) >= 11 is 3.36. The van der Waals surface area contributed by atoms with Gasteiger partial charge in [0.1, 0.15) is 17.7 Å². The third kappa shape index (κ3) is 4.84. The largest absolute Gasteiger partial charge is 0.444 e. The quantitative estimate of drug-likeness (QED) is 0.902. The second kappa shape index (κ2) is 6.91. The van der Waals surface area contributed by atoms with Crippen LogP contribution in [0.1, 0.15) is 26.5 Å². The monoisotopic (exact) mass is 366 g/mol. The van der Waals surface area contributed by atoms with E-state index in [4.69, 9.17) is 4.74 Å². The van der Waals surface area contributed by atoms with E-state index >= 15 is 0 Å². The fraction of sp³-hybridized carbons (Fsp3) is 0.400. The number of ether oxygens (including phenoxy) is 1. The van der Waals surface area contributed by atoms with Gasteiger partial charge in [-0.2, -0.15) is 0 Å². The minimum atomic E-state index is -0.493. The average molecular weight is 367 g/mol. The molecule has 118 valence electrons. The first-order valence-electron chi connectivity index (χ1n) is 6.95. The van der Waals surface area contributed by atoms with Crippen LogP contribution in [0.15, 0.2) is 35.3 Å². The van der Waals surface area contributed by atoms with Gasteiger partial charge in [-0.05, 0) is 48.8 Å². The molecule has 0 radical (unpaired) electrons. The second-order valence-corrected chi connectivity index (χ2v) is 6.68. The predicted molar refractivity (Wildman–Crippen MR) is 87.0 cm³/mol. The highest BCUT2D eigenvalue weighted by Crippen LogP contribution is 2.13. The number of carbonyl (C=O) groups is 1. The summed E-state index contributed by atoms with van der Waals surface area (Å²) in [6.45, 7) is 5.97. The van der Waals surface area contributed by atoms with E-state index in [1.165, 1.54) is 0 Å². The highest BCUT2D eigenvalue weighted by atomic mass is 79.9. The fourth-order valence-electron chi connectivity index (χ4n) is 1.83. The van der Waals surface area contributed by atoms with Crippen LogP contribution in [0.4, 0.5) is 4.79 Å². The number of hydrogen-bond donors (Lipinski definition) is 1. The number of pyridine rings is 1. The highest BCUT2D eigenvalue weighted by Gasteiger charge is 2.15. The SMILES string of the molecule is CC(C)(C)OC(=O)NCCc1cncn1-c1ccc(Br)cn1. The van der Waals surface area contributed by atoms with Crippen molar-refractivity contribution in [2.45, 2.75) is 32.8 Å². The van der Waals surface area contributed by atoms with Crippen LogP contribution >= 0.6 is 15.9 Å². The highest BCUT2D eigenvalue weighted by molar-refractivity contribution is 9.10. The van der Waals surface area contributed by atoms with Crippen LogP contribution in [0.3, 0.4) is 0 Å². The summed E-state index contributed by atoms with van der Waals surface area (Å²) in [5.74, 6) is 0.785. The first kappa shape index (κ1) is 16.5. The summed E-state index contributed by atoms with van der Waals surface area (Å²) in [5, 5.41) is 2.74. The molecule has 0 aliphatic rings. The molecule has 22 heavy (non-hydrogen) atoms. The van der Waals surface area contributed by atoms with Gasteiger partial charge in [0, 0.05) is 35.5 Å². The van der Waals surface area contributed by atoms with E-state index in [1.54, 1.807) is 18.7 Å². The van der Waals surface area contributed by atoms with Crippen LogP contribution < -0.4 is 5.32 Å². The van der Waals surface area contributed by atoms with Gasteiger partial charge in [0.15, 0.2) is 0 Å². The van der Waals surface area contributed by atoms with Gasteiger partial charge in [-0.1, -0.05) is 0 Å². The van der Waals surface area contributed by atoms with Gasteiger partial charge in [0.25, 0.3) is 0 Å². The molecule has 0 aromatic carbocycles. The van der Waals surface area contributed by atoms with Crippen LogP contribution in [0, 0.1) is 0 Å². The van der Waals surface area contributed by atoms with Crippen LogP contribution in [-0.2, 0) is 11.2 Å². The van der Waals surface area contributed by atoms with Crippen molar-refractivity contribution < 1.29 is 9.53 Å².